The van der Waals surface area contributed by atoms with E-state index in [9.17, 15) is 4.39 Å². The Kier molecular flexibility index (Phi) is 3.18. The molecule has 0 aromatic heterocycles. The van der Waals surface area contributed by atoms with Crippen LogP contribution in [0.1, 0.15) is 12.8 Å². The quantitative estimate of drug-likeness (QED) is 0.771. The van der Waals surface area contributed by atoms with Crippen molar-refractivity contribution in [3.63, 3.8) is 0 Å². The third-order valence-electron chi connectivity index (χ3n) is 2.82. The fourth-order valence-electron chi connectivity index (χ4n) is 2.09. The van der Waals surface area contributed by atoms with Crippen LogP contribution in [-0.4, -0.2) is 19.2 Å². The average Bonchev–Trinajstić information content (AvgIpc) is 2.68. The highest BCUT2D eigenvalue weighted by molar-refractivity contribution is 5.48. The summed E-state index contributed by atoms with van der Waals surface area (Å²) in [5, 5.41) is 0. The molecule has 15 heavy (non-hydrogen) atoms. The average molecular weight is 210 g/mol. The lowest BCUT2D eigenvalue weighted by Crippen LogP contribution is -2.33. The van der Waals surface area contributed by atoms with Crippen LogP contribution in [0.3, 0.4) is 0 Å². The summed E-state index contributed by atoms with van der Waals surface area (Å²) in [6.07, 6.45) is 2.21. The van der Waals surface area contributed by atoms with Crippen LogP contribution in [0.25, 0.3) is 0 Å². The van der Waals surface area contributed by atoms with E-state index >= 15 is 0 Å². The van der Waals surface area contributed by atoms with Crippen LogP contribution in [0.5, 0.6) is 0 Å². The second-order valence-electron chi connectivity index (χ2n) is 3.80. The standard InChI is InChI=1S/C11H15FN2O/c12-9-3-5-10(6-4-9)14-7-1-2-11(14)8-15-13/h3-6,11H,1-2,7-8,13H2. The van der Waals surface area contributed by atoms with E-state index < -0.39 is 0 Å². The molecule has 3 nitrogen and oxygen atoms in total. The van der Waals surface area contributed by atoms with Crippen molar-refractivity contribution in [3.05, 3.63) is 30.1 Å². The largest absolute Gasteiger partial charge is 0.366 e. The van der Waals surface area contributed by atoms with Crippen molar-refractivity contribution < 1.29 is 9.23 Å². The molecule has 1 atom stereocenters. The number of hydrogen-bond donors (Lipinski definition) is 1. The third-order valence-corrected chi connectivity index (χ3v) is 2.82. The second kappa shape index (κ2) is 4.59. The zero-order valence-electron chi connectivity index (χ0n) is 8.53. The first-order chi connectivity index (χ1) is 7.31. The lowest BCUT2D eigenvalue weighted by molar-refractivity contribution is 0.124. The Balaban J connectivity index is 2.11. The Morgan fingerprint density at radius 2 is 2.13 bits per heavy atom. The first-order valence-electron chi connectivity index (χ1n) is 5.15. The van der Waals surface area contributed by atoms with Crippen molar-refractivity contribution in [3.8, 4) is 0 Å². The van der Waals surface area contributed by atoms with Crippen LogP contribution >= 0.6 is 0 Å². The molecule has 2 rings (SSSR count). The Morgan fingerprint density at radius 1 is 1.40 bits per heavy atom. The fraction of sp³-hybridized carbons (Fsp3) is 0.455. The van der Waals surface area contributed by atoms with Crippen molar-refractivity contribution >= 4 is 5.69 Å². The number of hydrogen-bond acceptors (Lipinski definition) is 3. The molecule has 1 aliphatic rings. The first-order valence-corrected chi connectivity index (χ1v) is 5.15. The van der Waals surface area contributed by atoms with Gasteiger partial charge >= 0.3 is 0 Å². The molecule has 0 saturated carbocycles. The molecule has 1 saturated heterocycles. The minimum absolute atomic E-state index is 0.204. The van der Waals surface area contributed by atoms with E-state index in [2.05, 4.69) is 9.74 Å². The van der Waals surface area contributed by atoms with Crippen molar-refractivity contribution in [2.75, 3.05) is 18.1 Å². The van der Waals surface area contributed by atoms with E-state index in [-0.39, 0.29) is 5.82 Å². The number of anilines is 1. The predicted molar refractivity (Wildman–Crippen MR) is 56.9 cm³/mol. The summed E-state index contributed by atoms with van der Waals surface area (Å²) in [5.74, 6) is 4.88. The molecule has 0 bridgehead atoms. The zero-order chi connectivity index (χ0) is 10.7. The van der Waals surface area contributed by atoms with Crippen molar-refractivity contribution in [2.45, 2.75) is 18.9 Å². The second-order valence-corrected chi connectivity index (χ2v) is 3.80. The number of benzene rings is 1. The molecule has 0 aliphatic carbocycles. The number of nitrogens with two attached hydrogens (primary N) is 1. The maximum absolute atomic E-state index is 12.8. The molecular weight excluding hydrogens is 195 g/mol. The predicted octanol–water partition coefficient (Wildman–Crippen LogP) is 1.68. The summed E-state index contributed by atoms with van der Waals surface area (Å²) < 4.78 is 12.8. The molecule has 1 aromatic carbocycles. The topological polar surface area (TPSA) is 38.5 Å². The number of halogens is 1. The van der Waals surface area contributed by atoms with E-state index in [0.29, 0.717) is 12.6 Å². The molecular formula is C11H15FN2O. The van der Waals surface area contributed by atoms with Gasteiger partial charge in [0.25, 0.3) is 0 Å². The van der Waals surface area contributed by atoms with Crippen LogP contribution in [0, 0.1) is 5.82 Å². The third kappa shape index (κ3) is 2.27. The summed E-state index contributed by atoms with van der Waals surface area (Å²) in [6, 6.07) is 6.87. The number of nitrogens with zero attached hydrogens (tertiary/aromatic N) is 1. The Bertz CT molecular complexity index is 315. The first kappa shape index (κ1) is 10.4. The van der Waals surface area contributed by atoms with E-state index in [1.54, 1.807) is 12.1 Å². The summed E-state index contributed by atoms with van der Waals surface area (Å²) in [7, 11) is 0. The molecule has 1 aromatic rings. The molecule has 0 spiro atoms. The van der Waals surface area contributed by atoms with Gasteiger partial charge in [0, 0.05) is 12.2 Å². The van der Waals surface area contributed by atoms with Gasteiger partial charge in [-0.15, -0.1) is 0 Å². The van der Waals surface area contributed by atoms with Gasteiger partial charge in [-0.2, -0.15) is 0 Å². The Hall–Kier alpha value is -1.13. The van der Waals surface area contributed by atoms with Crippen LogP contribution in [-0.2, 0) is 4.84 Å². The molecule has 1 fully saturated rings. The minimum atomic E-state index is -0.204. The van der Waals surface area contributed by atoms with E-state index in [4.69, 9.17) is 5.90 Å². The van der Waals surface area contributed by atoms with Crippen LogP contribution in [0.15, 0.2) is 24.3 Å². The summed E-state index contributed by atoms with van der Waals surface area (Å²) in [6.45, 7) is 1.51. The highest BCUT2D eigenvalue weighted by atomic mass is 19.1. The molecule has 1 heterocycles. The van der Waals surface area contributed by atoms with Gasteiger partial charge in [0.1, 0.15) is 5.82 Å². The van der Waals surface area contributed by atoms with Crippen LogP contribution < -0.4 is 10.8 Å². The lowest BCUT2D eigenvalue weighted by atomic mass is 10.2. The van der Waals surface area contributed by atoms with Gasteiger partial charge in [0.2, 0.25) is 0 Å². The van der Waals surface area contributed by atoms with Gasteiger partial charge in [-0.1, -0.05) is 0 Å². The normalized spacial score (nSPS) is 20.9. The fourth-order valence-corrected chi connectivity index (χ4v) is 2.09. The maximum Gasteiger partial charge on any atom is 0.123 e. The van der Waals surface area contributed by atoms with E-state index in [1.165, 1.54) is 12.1 Å². The summed E-state index contributed by atoms with van der Waals surface area (Å²) in [5.41, 5.74) is 1.04. The van der Waals surface area contributed by atoms with E-state index in [1.807, 2.05) is 0 Å². The van der Waals surface area contributed by atoms with Gasteiger partial charge in [-0.25, -0.2) is 10.3 Å². The zero-order valence-corrected chi connectivity index (χ0v) is 8.53. The van der Waals surface area contributed by atoms with Gasteiger partial charge in [0.05, 0.1) is 12.6 Å². The van der Waals surface area contributed by atoms with Gasteiger partial charge in [0.15, 0.2) is 0 Å². The van der Waals surface area contributed by atoms with Gasteiger partial charge < -0.3 is 9.74 Å². The smallest absolute Gasteiger partial charge is 0.123 e. The lowest BCUT2D eigenvalue weighted by Gasteiger charge is -2.25. The van der Waals surface area contributed by atoms with Crippen molar-refractivity contribution in [1.29, 1.82) is 0 Å². The highest BCUT2D eigenvalue weighted by Crippen LogP contribution is 2.25. The molecule has 0 radical (unpaired) electrons. The van der Waals surface area contributed by atoms with Crippen LogP contribution in [0.2, 0.25) is 0 Å². The molecule has 4 heteroatoms. The van der Waals surface area contributed by atoms with Crippen molar-refractivity contribution in [2.24, 2.45) is 5.90 Å². The van der Waals surface area contributed by atoms with Crippen LogP contribution in [0.4, 0.5) is 10.1 Å². The molecule has 1 aliphatic heterocycles. The molecule has 2 N–H and O–H groups in total. The van der Waals surface area contributed by atoms with Crippen molar-refractivity contribution in [1.82, 2.24) is 0 Å². The number of rotatable bonds is 3. The SMILES string of the molecule is NOCC1CCCN1c1ccc(F)cc1. The maximum atomic E-state index is 12.8. The van der Waals surface area contributed by atoms with E-state index in [0.717, 1.165) is 25.1 Å². The minimum Gasteiger partial charge on any atom is -0.366 e. The van der Waals surface area contributed by atoms with Gasteiger partial charge in [-0.3, -0.25) is 0 Å². The summed E-state index contributed by atoms with van der Waals surface area (Å²) >= 11 is 0. The molecule has 1 unspecified atom stereocenters. The Morgan fingerprint density at radius 3 is 2.80 bits per heavy atom. The molecule has 82 valence electrons. The van der Waals surface area contributed by atoms with Gasteiger partial charge in [-0.05, 0) is 37.1 Å². The highest BCUT2D eigenvalue weighted by Gasteiger charge is 2.24. The monoisotopic (exact) mass is 210 g/mol. The summed E-state index contributed by atoms with van der Waals surface area (Å²) in [4.78, 5) is 6.90. The Labute approximate surface area is 88.6 Å². The molecule has 0 amide bonds.